The Balaban J connectivity index is 1.46. The number of aliphatic hydroxyl groups is 1. The maximum Gasteiger partial charge on any atom is 0.341 e. The summed E-state index contributed by atoms with van der Waals surface area (Å²) in [7, 11) is 0. The molecule has 2 aliphatic heterocycles. The molecule has 43 heavy (non-hydrogen) atoms. The van der Waals surface area contributed by atoms with Gasteiger partial charge in [0.2, 0.25) is 0 Å². The Morgan fingerprint density at radius 2 is 1.70 bits per heavy atom. The maximum absolute atomic E-state index is 15.3. The van der Waals surface area contributed by atoms with E-state index in [1.807, 2.05) is 0 Å². The fourth-order valence-corrected chi connectivity index (χ4v) is 7.33. The van der Waals surface area contributed by atoms with Crippen molar-refractivity contribution in [2.24, 2.45) is 0 Å². The molecule has 3 unspecified atom stereocenters. The topological polar surface area (TPSA) is 71.0 Å². The molecule has 0 saturated carbocycles. The minimum Gasteiger partial charge on any atom is -0.457 e. The highest BCUT2D eigenvalue weighted by atomic mass is 19.1. The van der Waals surface area contributed by atoms with Gasteiger partial charge in [0.05, 0.1) is 17.2 Å². The standard InChI is InChI=1S/C35H50F2N2O4/c1-10-17-39-34(6,7)21-29(35(39,8)9)43-31(41)26-14-11-22(18-28(26)37)25-13-12-23(19-27(25)36)30(40)42-24-15-16-32(2,3)38-33(4,5)20-24/h11-14,18-19,24,29-30,38,40H,10,15-17,20-21H2,1-9H3. The highest BCUT2D eigenvalue weighted by molar-refractivity contribution is 5.90. The molecule has 238 valence electrons. The smallest absolute Gasteiger partial charge is 0.341 e. The van der Waals surface area contributed by atoms with Crippen LogP contribution >= 0.6 is 0 Å². The Morgan fingerprint density at radius 1 is 1.00 bits per heavy atom. The minimum atomic E-state index is -1.29. The highest BCUT2D eigenvalue weighted by Gasteiger charge is 2.52. The summed E-state index contributed by atoms with van der Waals surface area (Å²) in [5.41, 5.74) is -0.246. The molecule has 6 nitrogen and oxygen atoms in total. The maximum atomic E-state index is 15.3. The van der Waals surface area contributed by atoms with Crippen molar-refractivity contribution in [3.63, 3.8) is 0 Å². The van der Waals surface area contributed by atoms with Gasteiger partial charge in [0, 0.05) is 34.2 Å². The van der Waals surface area contributed by atoms with Crippen LogP contribution in [0.25, 0.3) is 11.1 Å². The summed E-state index contributed by atoms with van der Waals surface area (Å²) < 4.78 is 42.4. The van der Waals surface area contributed by atoms with Crippen LogP contribution in [0.1, 0.15) is 117 Å². The number of likely N-dealkylation sites (tertiary alicyclic amines) is 1. The number of ether oxygens (including phenoxy) is 2. The molecule has 0 bridgehead atoms. The summed E-state index contributed by atoms with van der Waals surface area (Å²) in [6, 6.07) is 8.31. The first-order valence-electron chi connectivity index (χ1n) is 15.6. The van der Waals surface area contributed by atoms with Gasteiger partial charge in [-0.15, -0.1) is 0 Å². The number of hydrogen-bond donors (Lipinski definition) is 2. The van der Waals surface area contributed by atoms with Crippen molar-refractivity contribution in [3.05, 3.63) is 59.2 Å². The summed E-state index contributed by atoms with van der Waals surface area (Å²) in [6.07, 6.45) is 2.08. The van der Waals surface area contributed by atoms with E-state index < -0.39 is 35.5 Å². The molecule has 2 fully saturated rings. The van der Waals surface area contributed by atoms with Crippen molar-refractivity contribution < 1.29 is 28.2 Å². The molecule has 0 aromatic heterocycles. The number of nitrogens with one attached hydrogen (secondary N) is 1. The Morgan fingerprint density at radius 3 is 2.33 bits per heavy atom. The fraction of sp³-hybridized carbons (Fsp3) is 0.629. The molecule has 0 radical (unpaired) electrons. The van der Waals surface area contributed by atoms with Gasteiger partial charge in [0.25, 0.3) is 0 Å². The van der Waals surface area contributed by atoms with E-state index in [-0.39, 0.29) is 45.0 Å². The Labute approximate surface area is 256 Å². The van der Waals surface area contributed by atoms with Gasteiger partial charge < -0.3 is 19.9 Å². The van der Waals surface area contributed by atoms with Crippen LogP contribution in [0.5, 0.6) is 0 Å². The summed E-state index contributed by atoms with van der Waals surface area (Å²) in [5, 5.41) is 14.4. The number of carbonyl (C=O) groups excluding carboxylic acids is 1. The van der Waals surface area contributed by atoms with Crippen molar-refractivity contribution in [3.8, 4) is 11.1 Å². The molecule has 2 heterocycles. The number of halogens is 2. The largest absolute Gasteiger partial charge is 0.457 e. The first-order chi connectivity index (χ1) is 19.8. The normalized spacial score (nSPS) is 25.2. The Hall–Kier alpha value is -2.39. The van der Waals surface area contributed by atoms with E-state index in [1.54, 1.807) is 6.07 Å². The van der Waals surface area contributed by atoms with Crippen LogP contribution in [0.4, 0.5) is 8.78 Å². The van der Waals surface area contributed by atoms with E-state index in [0.717, 1.165) is 31.9 Å². The van der Waals surface area contributed by atoms with Gasteiger partial charge in [-0.25, -0.2) is 13.6 Å². The van der Waals surface area contributed by atoms with Gasteiger partial charge >= 0.3 is 5.97 Å². The van der Waals surface area contributed by atoms with Crippen molar-refractivity contribution in [2.75, 3.05) is 6.54 Å². The highest BCUT2D eigenvalue weighted by Crippen LogP contribution is 2.43. The second kappa shape index (κ2) is 12.2. The Kier molecular flexibility index (Phi) is 9.49. The van der Waals surface area contributed by atoms with E-state index in [1.165, 1.54) is 24.3 Å². The van der Waals surface area contributed by atoms with Crippen molar-refractivity contribution >= 4 is 5.97 Å². The van der Waals surface area contributed by atoms with Crippen LogP contribution in [0, 0.1) is 11.6 Å². The van der Waals surface area contributed by atoms with Crippen LogP contribution < -0.4 is 5.32 Å². The third-order valence-corrected chi connectivity index (χ3v) is 9.20. The molecule has 4 rings (SSSR count). The molecular weight excluding hydrogens is 550 g/mol. The average molecular weight is 601 g/mol. The van der Waals surface area contributed by atoms with Gasteiger partial charge in [0.15, 0.2) is 6.29 Å². The molecule has 0 amide bonds. The number of esters is 1. The molecule has 2 aliphatic rings. The second-order valence-corrected chi connectivity index (χ2v) is 14.9. The molecule has 2 aromatic carbocycles. The molecule has 2 N–H and O–H groups in total. The number of rotatable bonds is 8. The molecular formula is C35H50F2N2O4. The van der Waals surface area contributed by atoms with Crippen LogP contribution in [-0.2, 0) is 9.47 Å². The monoisotopic (exact) mass is 600 g/mol. The average Bonchev–Trinajstić information content (AvgIpc) is 2.97. The van der Waals surface area contributed by atoms with Crippen LogP contribution in [0.3, 0.4) is 0 Å². The van der Waals surface area contributed by atoms with Gasteiger partial charge in [-0.2, -0.15) is 0 Å². The predicted octanol–water partition coefficient (Wildman–Crippen LogP) is 7.54. The molecule has 3 atom stereocenters. The quantitative estimate of drug-likeness (QED) is 0.241. The number of hydrogen-bond acceptors (Lipinski definition) is 6. The summed E-state index contributed by atoms with van der Waals surface area (Å²) in [5.74, 6) is -2.13. The van der Waals surface area contributed by atoms with E-state index in [2.05, 4.69) is 72.5 Å². The Bertz CT molecular complexity index is 1320. The van der Waals surface area contributed by atoms with E-state index in [0.29, 0.717) is 12.8 Å². The van der Waals surface area contributed by atoms with Crippen LogP contribution in [-0.4, -0.2) is 56.9 Å². The number of nitrogens with zero attached hydrogens (tertiary/aromatic N) is 1. The van der Waals surface area contributed by atoms with Crippen molar-refractivity contribution in [1.82, 2.24) is 10.2 Å². The minimum absolute atomic E-state index is 0.0538. The first kappa shape index (κ1) is 33.5. The zero-order valence-electron chi connectivity index (χ0n) is 27.3. The third-order valence-electron chi connectivity index (χ3n) is 9.20. The molecule has 0 aliphatic carbocycles. The number of carbonyl (C=O) groups is 1. The lowest BCUT2D eigenvalue weighted by Crippen LogP contribution is -2.51. The zero-order valence-corrected chi connectivity index (χ0v) is 27.3. The lowest BCUT2D eigenvalue weighted by atomic mass is 9.96. The van der Waals surface area contributed by atoms with Gasteiger partial charge in [-0.1, -0.05) is 25.1 Å². The predicted molar refractivity (Wildman–Crippen MR) is 166 cm³/mol. The van der Waals surface area contributed by atoms with E-state index in [9.17, 15) is 9.90 Å². The van der Waals surface area contributed by atoms with Crippen LogP contribution in [0.15, 0.2) is 36.4 Å². The number of aliphatic hydroxyl groups excluding tert-OH is 1. The lowest BCUT2D eigenvalue weighted by molar-refractivity contribution is -0.146. The molecule has 8 heteroatoms. The van der Waals surface area contributed by atoms with Gasteiger partial charge in [-0.3, -0.25) is 4.90 Å². The first-order valence-corrected chi connectivity index (χ1v) is 15.6. The fourth-order valence-electron chi connectivity index (χ4n) is 7.33. The molecule has 0 spiro atoms. The van der Waals surface area contributed by atoms with Crippen molar-refractivity contribution in [2.45, 2.75) is 135 Å². The lowest BCUT2D eigenvalue weighted by Gasteiger charge is -2.40. The summed E-state index contributed by atoms with van der Waals surface area (Å²) in [4.78, 5) is 15.4. The SMILES string of the molecule is CCCN1C(C)(C)CC(OC(=O)c2ccc(-c3ccc(C(O)OC4CCC(C)(C)NC(C)(C)C4)cc3F)cc2F)C1(C)C. The van der Waals surface area contributed by atoms with Crippen LogP contribution in [0.2, 0.25) is 0 Å². The molecule has 2 saturated heterocycles. The number of benzene rings is 2. The zero-order chi connectivity index (χ0) is 32.0. The summed E-state index contributed by atoms with van der Waals surface area (Å²) >= 11 is 0. The third kappa shape index (κ3) is 7.47. The van der Waals surface area contributed by atoms with E-state index >= 15 is 8.78 Å². The van der Waals surface area contributed by atoms with Gasteiger partial charge in [-0.05, 0) is 111 Å². The molecule has 2 aromatic rings. The van der Waals surface area contributed by atoms with Crippen molar-refractivity contribution in [1.29, 1.82) is 0 Å². The summed E-state index contributed by atoms with van der Waals surface area (Å²) in [6.45, 7) is 19.9. The van der Waals surface area contributed by atoms with E-state index in [4.69, 9.17) is 9.47 Å². The van der Waals surface area contributed by atoms with Gasteiger partial charge in [0.1, 0.15) is 17.7 Å². The second-order valence-electron chi connectivity index (χ2n) is 14.9.